The van der Waals surface area contributed by atoms with Crippen molar-refractivity contribution in [3.8, 4) is 5.69 Å². The van der Waals surface area contributed by atoms with Crippen LogP contribution in [0.25, 0.3) is 5.69 Å². The fourth-order valence-corrected chi connectivity index (χ4v) is 1.66. The molecule has 3 rings (SSSR count). The third kappa shape index (κ3) is 1.76. The zero-order chi connectivity index (χ0) is 11.0. The maximum Gasteiger partial charge on any atom is 0.153 e. The molecule has 1 aromatic carbocycles. The predicted molar refractivity (Wildman–Crippen MR) is 60.5 cm³/mol. The number of hydrogen-bond acceptors (Lipinski definition) is 4. The van der Waals surface area contributed by atoms with Crippen molar-refractivity contribution in [1.82, 2.24) is 20.2 Å². The molecule has 0 unspecified atom stereocenters. The summed E-state index contributed by atoms with van der Waals surface area (Å²) in [5.74, 6) is 0.795. The third-order valence-corrected chi connectivity index (χ3v) is 2.66. The zero-order valence-corrected chi connectivity index (χ0v) is 9.09. The van der Waals surface area contributed by atoms with Gasteiger partial charge in [0.05, 0.1) is 5.69 Å². The highest BCUT2D eigenvalue weighted by Gasteiger charge is 2.20. The lowest BCUT2D eigenvalue weighted by molar-refractivity contribution is 0.779. The van der Waals surface area contributed by atoms with E-state index < -0.39 is 0 Å². The number of rotatable bonds is 3. The maximum atomic E-state index is 3.95. The molecule has 82 valence electrons. The second-order valence-electron chi connectivity index (χ2n) is 4.11. The van der Waals surface area contributed by atoms with Crippen molar-refractivity contribution in [3.05, 3.63) is 30.1 Å². The van der Waals surface area contributed by atoms with Crippen LogP contribution in [-0.2, 0) is 0 Å². The molecule has 0 bridgehead atoms. The van der Waals surface area contributed by atoms with Crippen molar-refractivity contribution in [2.24, 2.45) is 0 Å². The Morgan fingerprint density at radius 3 is 2.94 bits per heavy atom. The Balaban J connectivity index is 1.92. The minimum atomic E-state index is 0.658. The Hall–Kier alpha value is -1.91. The van der Waals surface area contributed by atoms with E-state index in [4.69, 9.17) is 0 Å². The Morgan fingerprint density at radius 1 is 1.38 bits per heavy atom. The van der Waals surface area contributed by atoms with E-state index in [1.165, 1.54) is 12.8 Å². The molecule has 1 aliphatic carbocycles. The van der Waals surface area contributed by atoms with Gasteiger partial charge >= 0.3 is 0 Å². The number of aromatic nitrogens is 4. The highest BCUT2D eigenvalue weighted by molar-refractivity contribution is 5.52. The molecule has 5 heteroatoms. The van der Waals surface area contributed by atoms with Gasteiger partial charge in [-0.3, -0.25) is 0 Å². The lowest BCUT2D eigenvalue weighted by atomic mass is 10.2. The van der Waals surface area contributed by atoms with Gasteiger partial charge in [-0.2, -0.15) is 4.68 Å². The van der Waals surface area contributed by atoms with Crippen molar-refractivity contribution < 1.29 is 0 Å². The van der Waals surface area contributed by atoms with Gasteiger partial charge in [-0.15, -0.1) is 5.10 Å². The molecule has 1 aromatic heterocycles. The van der Waals surface area contributed by atoms with Gasteiger partial charge in [0.25, 0.3) is 0 Å². The fraction of sp³-hybridized carbons (Fsp3) is 0.364. The number of benzene rings is 1. The van der Waals surface area contributed by atoms with Crippen LogP contribution in [0, 0.1) is 6.92 Å². The molecule has 1 fully saturated rings. The molecule has 0 amide bonds. The number of hydrogen-bond donors (Lipinski definition) is 1. The summed E-state index contributed by atoms with van der Waals surface area (Å²) in [5, 5.41) is 14.9. The van der Waals surface area contributed by atoms with Crippen LogP contribution in [0.15, 0.2) is 24.3 Å². The summed E-state index contributed by atoms with van der Waals surface area (Å²) in [5.41, 5.74) is 2.13. The summed E-state index contributed by atoms with van der Waals surface area (Å²) in [6, 6.07) is 8.82. The minimum absolute atomic E-state index is 0.658. The van der Waals surface area contributed by atoms with E-state index in [9.17, 15) is 0 Å². The lowest BCUT2D eigenvalue weighted by Gasteiger charge is -2.07. The molecule has 0 aliphatic heterocycles. The molecular formula is C11H13N5. The van der Waals surface area contributed by atoms with Crippen LogP contribution in [0.4, 0.5) is 5.69 Å². The topological polar surface area (TPSA) is 55.6 Å². The van der Waals surface area contributed by atoms with Gasteiger partial charge < -0.3 is 5.32 Å². The number of tetrazole rings is 1. The first kappa shape index (κ1) is 9.33. The summed E-state index contributed by atoms with van der Waals surface area (Å²) in [4.78, 5) is 0. The molecule has 1 saturated carbocycles. The van der Waals surface area contributed by atoms with E-state index in [2.05, 4.69) is 33.0 Å². The van der Waals surface area contributed by atoms with E-state index in [0.717, 1.165) is 17.2 Å². The first-order valence-corrected chi connectivity index (χ1v) is 5.45. The van der Waals surface area contributed by atoms with Gasteiger partial charge in [0.2, 0.25) is 0 Å². The summed E-state index contributed by atoms with van der Waals surface area (Å²) >= 11 is 0. The highest BCUT2D eigenvalue weighted by atomic mass is 15.5. The molecule has 1 N–H and O–H groups in total. The van der Waals surface area contributed by atoms with Gasteiger partial charge in [-0.05, 0) is 48.4 Å². The van der Waals surface area contributed by atoms with Crippen molar-refractivity contribution in [3.63, 3.8) is 0 Å². The average molecular weight is 215 g/mol. The van der Waals surface area contributed by atoms with Gasteiger partial charge in [-0.1, -0.05) is 6.07 Å². The Labute approximate surface area is 93.5 Å². The van der Waals surface area contributed by atoms with Crippen molar-refractivity contribution in [2.45, 2.75) is 25.8 Å². The predicted octanol–water partition coefficient (Wildman–Crippen LogP) is 1.55. The summed E-state index contributed by atoms with van der Waals surface area (Å²) in [6.45, 7) is 1.89. The van der Waals surface area contributed by atoms with Crippen LogP contribution < -0.4 is 5.32 Å². The smallest absolute Gasteiger partial charge is 0.153 e. The van der Waals surface area contributed by atoms with Crippen LogP contribution in [0.5, 0.6) is 0 Å². The van der Waals surface area contributed by atoms with Gasteiger partial charge in [0.1, 0.15) is 0 Å². The zero-order valence-electron chi connectivity index (χ0n) is 9.09. The molecule has 0 spiro atoms. The van der Waals surface area contributed by atoms with Crippen LogP contribution in [0.2, 0.25) is 0 Å². The number of nitrogens with one attached hydrogen (secondary N) is 1. The van der Waals surface area contributed by atoms with Crippen LogP contribution >= 0.6 is 0 Å². The van der Waals surface area contributed by atoms with Crippen LogP contribution in [-0.4, -0.2) is 26.2 Å². The highest BCUT2D eigenvalue weighted by Crippen LogP contribution is 2.25. The van der Waals surface area contributed by atoms with Crippen molar-refractivity contribution in [2.75, 3.05) is 5.32 Å². The quantitative estimate of drug-likeness (QED) is 0.843. The van der Waals surface area contributed by atoms with Gasteiger partial charge in [0.15, 0.2) is 5.82 Å². The van der Waals surface area contributed by atoms with E-state index in [0.29, 0.717) is 6.04 Å². The fourth-order valence-electron chi connectivity index (χ4n) is 1.66. The van der Waals surface area contributed by atoms with Crippen molar-refractivity contribution >= 4 is 5.69 Å². The number of aryl methyl sites for hydroxylation is 1. The van der Waals surface area contributed by atoms with E-state index in [1.807, 2.05) is 19.1 Å². The third-order valence-electron chi connectivity index (χ3n) is 2.66. The minimum Gasteiger partial charge on any atom is -0.382 e. The SMILES string of the molecule is Cc1nnnn1-c1cccc(NC2CC2)c1. The molecule has 5 nitrogen and oxygen atoms in total. The lowest BCUT2D eigenvalue weighted by Crippen LogP contribution is -2.03. The molecule has 0 radical (unpaired) electrons. The molecule has 1 aliphatic rings. The largest absolute Gasteiger partial charge is 0.382 e. The molecule has 16 heavy (non-hydrogen) atoms. The molecule has 1 heterocycles. The number of anilines is 1. The Kier molecular flexibility index (Phi) is 2.09. The standard InChI is InChI=1S/C11H13N5/c1-8-13-14-15-16(8)11-4-2-3-10(7-11)12-9-5-6-9/h2-4,7,9,12H,5-6H2,1H3. The first-order valence-electron chi connectivity index (χ1n) is 5.45. The van der Waals surface area contributed by atoms with E-state index in [1.54, 1.807) is 4.68 Å². The second-order valence-corrected chi connectivity index (χ2v) is 4.11. The van der Waals surface area contributed by atoms with Gasteiger partial charge in [0, 0.05) is 11.7 Å². The van der Waals surface area contributed by atoms with E-state index in [-0.39, 0.29) is 0 Å². The van der Waals surface area contributed by atoms with Crippen LogP contribution in [0.1, 0.15) is 18.7 Å². The molecule has 0 atom stereocenters. The summed E-state index contributed by atoms with van der Waals surface area (Å²) in [7, 11) is 0. The molecule has 0 saturated heterocycles. The first-order chi connectivity index (χ1) is 7.83. The second kappa shape index (κ2) is 3.59. The normalized spacial score (nSPS) is 15.1. The molecule has 2 aromatic rings. The summed E-state index contributed by atoms with van der Waals surface area (Å²) in [6.07, 6.45) is 2.54. The average Bonchev–Trinajstić information content (AvgIpc) is 2.99. The monoisotopic (exact) mass is 215 g/mol. The molecular weight excluding hydrogens is 202 g/mol. The van der Waals surface area contributed by atoms with E-state index >= 15 is 0 Å². The summed E-state index contributed by atoms with van der Waals surface area (Å²) < 4.78 is 1.73. The Morgan fingerprint density at radius 2 is 2.25 bits per heavy atom. The maximum absolute atomic E-state index is 3.95. The van der Waals surface area contributed by atoms with Gasteiger partial charge in [-0.25, -0.2) is 0 Å². The number of nitrogens with zero attached hydrogens (tertiary/aromatic N) is 4. The Bertz CT molecular complexity index is 501. The van der Waals surface area contributed by atoms with Crippen molar-refractivity contribution in [1.29, 1.82) is 0 Å². The van der Waals surface area contributed by atoms with Crippen LogP contribution in [0.3, 0.4) is 0 Å².